The molecule has 112 valence electrons. The third kappa shape index (κ3) is 3.82. The van der Waals surface area contributed by atoms with Crippen molar-refractivity contribution in [2.45, 2.75) is 36.6 Å². The summed E-state index contributed by atoms with van der Waals surface area (Å²) >= 11 is 7.76. The predicted octanol–water partition coefficient (Wildman–Crippen LogP) is 3.19. The minimum absolute atomic E-state index is 0.187. The van der Waals surface area contributed by atoms with Crippen LogP contribution in [0.4, 0.5) is 0 Å². The minimum Gasteiger partial charge on any atom is -0.481 e. The quantitative estimate of drug-likeness (QED) is 0.743. The van der Waals surface area contributed by atoms with Gasteiger partial charge in [0, 0.05) is 6.04 Å². The SMILES string of the molecule is O=C(O)C1CCCC(NS(=O)(=O)c2cc(Br)sc2Br)C1. The van der Waals surface area contributed by atoms with Crippen molar-refractivity contribution < 1.29 is 18.3 Å². The van der Waals surface area contributed by atoms with Crippen LogP contribution >= 0.6 is 43.2 Å². The molecule has 1 heterocycles. The molecule has 0 aliphatic heterocycles. The van der Waals surface area contributed by atoms with Crippen molar-refractivity contribution in [2.75, 3.05) is 0 Å². The first-order valence-corrected chi connectivity index (χ1v) is 9.88. The lowest BCUT2D eigenvalue weighted by Crippen LogP contribution is -2.39. The first-order chi connectivity index (χ1) is 9.29. The summed E-state index contributed by atoms with van der Waals surface area (Å²) in [5.74, 6) is -1.32. The van der Waals surface area contributed by atoms with E-state index in [1.54, 1.807) is 0 Å². The highest BCUT2D eigenvalue weighted by molar-refractivity contribution is 9.12. The molecular formula is C11H13Br2NO4S2. The van der Waals surface area contributed by atoms with Crippen molar-refractivity contribution in [3.63, 3.8) is 0 Å². The van der Waals surface area contributed by atoms with Crippen LogP contribution in [0.5, 0.6) is 0 Å². The fourth-order valence-corrected chi connectivity index (χ4v) is 7.41. The Hall–Kier alpha value is 0.0400. The molecule has 1 aromatic heterocycles. The van der Waals surface area contributed by atoms with E-state index < -0.39 is 21.9 Å². The Labute approximate surface area is 138 Å². The summed E-state index contributed by atoms with van der Waals surface area (Å²) in [4.78, 5) is 11.2. The monoisotopic (exact) mass is 445 g/mol. The number of carboxylic acid groups (broad SMARTS) is 1. The summed E-state index contributed by atoms with van der Waals surface area (Å²) in [6.07, 6.45) is 2.35. The summed E-state index contributed by atoms with van der Waals surface area (Å²) in [5.41, 5.74) is 0. The number of sulfonamides is 1. The summed E-state index contributed by atoms with van der Waals surface area (Å²) in [5, 5.41) is 9.03. The Bertz CT molecular complexity index is 614. The molecule has 5 nitrogen and oxygen atoms in total. The molecule has 0 aromatic carbocycles. The molecule has 0 amide bonds. The maximum atomic E-state index is 12.3. The zero-order chi connectivity index (χ0) is 14.9. The van der Waals surface area contributed by atoms with Crippen LogP contribution in [-0.2, 0) is 14.8 Å². The van der Waals surface area contributed by atoms with Gasteiger partial charge in [-0.15, -0.1) is 11.3 Å². The number of hydrogen-bond acceptors (Lipinski definition) is 4. The zero-order valence-electron chi connectivity index (χ0n) is 10.3. The fraction of sp³-hybridized carbons (Fsp3) is 0.545. The molecule has 0 spiro atoms. The second-order valence-electron chi connectivity index (χ2n) is 4.71. The van der Waals surface area contributed by atoms with Crippen molar-refractivity contribution in [1.82, 2.24) is 4.72 Å². The van der Waals surface area contributed by atoms with Gasteiger partial charge in [0.1, 0.15) is 4.90 Å². The summed E-state index contributed by atoms with van der Waals surface area (Å²) < 4.78 is 28.5. The number of thiophene rings is 1. The lowest BCUT2D eigenvalue weighted by atomic mass is 9.86. The average molecular weight is 447 g/mol. The molecule has 1 saturated carbocycles. The third-order valence-corrected chi connectivity index (χ3v) is 7.54. The van der Waals surface area contributed by atoms with Crippen LogP contribution in [0, 0.1) is 5.92 Å². The van der Waals surface area contributed by atoms with Crippen LogP contribution in [0.3, 0.4) is 0 Å². The van der Waals surface area contributed by atoms with Crippen molar-refractivity contribution in [1.29, 1.82) is 0 Å². The molecule has 2 atom stereocenters. The molecule has 2 N–H and O–H groups in total. The molecule has 2 unspecified atom stereocenters. The van der Waals surface area contributed by atoms with Gasteiger partial charge in [0.2, 0.25) is 10.0 Å². The lowest BCUT2D eigenvalue weighted by Gasteiger charge is -2.27. The van der Waals surface area contributed by atoms with Crippen LogP contribution in [-0.4, -0.2) is 25.5 Å². The van der Waals surface area contributed by atoms with E-state index in [0.29, 0.717) is 23.0 Å². The van der Waals surface area contributed by atoms with Crippen LogP contribution in [0.15, 0.2) is 18.5 Å². The van der Waals surface area contributed by atoms with E-state index in [2.05, 4.69) is 36.6 Å². The van der Waals surface area contributed by atoms with Crippen molar-refractivity contribution in [2.24, 2.45) is 5.92 Å². The molecule has 1 aliphatic carbocycles. The Morgan fingerprint density at radius 2 is 2.10 bits per heavy atom. The number of hydrogen-bond donors (Lipinski definition) is 2. The van der Waals surface area contributed by atoms with Gasteiger partial charge in [0.25, 0.3) is 0 Å². The molecule has 1 fully saturated rings. The number of carboxylic acids is 1. The van der Waals surface area contributed by atoms with E-state index in [4.69, 9.17) is 5.11 Å². The molecule has 20 heavy (non-hydrogen) atoms. The number of nitrogens with one attached hydrogen (secondary N) is 1. The van der Waals surface area contributed by atoms with E-state index in [9.17, 15) is 13.2 Å². The average Bonchev–Trinajstić information content (AvgIpc) is 2.69. The van der Waals surface area contributed by atoms with Crippen molar-refractivity contribution in [3.8, 4) is 0 Å². The first kappa shape index (κ1) is 16.4. The molecule has 1 aliphatic rings. The van der Waals surface area contributed by atoms with Crippen LogP contribution in [0.25, 0.3) is 0 Å². The van der Waals surface area contributed by atoms with Crippen LogP contribution in [0.1, 0.15) is 25.7 Å². The van der Waals surface area contributed by atoms with Gasteiger partial charge >= 0.3 is 5.97 Å². The second kappa shape index (κ2) is 6.43. The Morgan fingerprint density at radius 3 is 2.65 bits per heavy atom. The van der Waals surface area contributed by atoms with Crippen LogP contribution in [0.2, 0.25) is 0 Å². The maximum Gasteiger partial charge on any atom is 0.306 e. The summed E-state index contributed by atoms with van der Waals surface area (Å²) in [6, 6.07) is 1.22. The van der Waals surface area contributed by atoms with E-state index >= 15 is 0 Å². The molecule has 0 saturated heterocycles. The highest BCUT2D eigenvalue weighted by atomic mass is 79.9. The van der Waals surface area contributed by atoms with Gasteiger partial charge in [-0.3, -0.25) is 4.79 Å². The normalized spacial score (nSPS) is 23.7. The van der Waals surface area contributed by atoms with Crippen molar-refractivity contribution in [3.05, 3.63) is 13.6 Å². The highest BCUT2D eigenvalue weighted by Crippen LogP contribution is 2.35. The highest BCUT2D eigenvalue weighted by Gasteiger charge is 2.31. The largest absolute Gasteiger partial charge is 0.481 e. The van der Waals surface area contributed by atoms with Crippen molar-refractivity contribution >= 4 is 59.2 Å². The Kier molecular flexibility index (Phi) is 5.28. The van der Waals surface area contributed by atoms with Gasteiger partial charge in [0.15, 0.2) is 0 Å². The predicted molar refractivity (Wildman–Crippen MR) is 83.4 cm³/mol. The molecule has 2 rings (SSSR count). The van der Waals surface area contributed by atoms with Gasteiger partial charge in [0.05, 0.1) is 13.5 Å². The van der Waals surface area contributed by atoms with Gasteiger partial charge < -0.3 is 5.11 Å². The molecule has 9 heteroatoms. The van der Waals surface area contributed by atoms with E-state index in [1.807, 2.05) is 0 Å². The molecule has 1 aromatic rings. The second-order valence-corrected chi connectivity index (χ2v) is 10.1. The minimum atomic E-state index is -3.63. The Morgan fingerprint density at radius 1 is 1.40 bits per heavy atom. The summed E-state index contributed by atoms with van der Waals surface area (Å²) in [6.45, 7) is 0. The Balaban J connectivity index is 2.12. The number of rotatable bonds is 4. The van der Waals surface area contributed by atoms with E-state index in [0.717, 1.165) is 10.2 Å². The van der Waals surface area contributed by atoms with Gasteiger partial charge in [-0.05, 0) is 57.2 Å². The fourth-order valence-electron chi connectivity index (χ4n) is 2.31. The number of aliphatic carboxylic acids is 1. The van der Waals surface area contributed by atoms with Gasteiger partial charge in [-0.2, -0.15) is 0 Å². The third-order valence-electron chi connectivity index (χ3n) is 3.26. The maximum absolute atomic E-state index is 12.3. The van der Waals surface area contributed by atoms with Gasteiger partial charge in [-0.25, -0.2) is 13.1 Å². The molecule has 0 radical (unpaired) electrons. The standard InChI is InChI=1S/C11H13Br2NO4S2/c12-9-5-8(10(13)19-9)20(17,18)14-7-3-1-2-6(4-7)11(15)16/h5-7,14H,1-4H2,(H,15,16). The van der Waals surface area contributed by atoms with Crippen LogP contribution < -0.4 is 4.72 Å². The topological polar surface area (TPSA) is 83.5 Å². The number of carbonyl (C=O) groups is 1. The molecule has 0 bridgehead atoms. The summed E-state index contributed by atoms with van der Waals surface area (Å²) in [7, 11) is -3.63. The smallest absolute Gasteiger partial charge is 0.306 e. The van der Waals surface area contributed by atoms with E-state index in [-0.39, 0.29) is 10.9 Å². The zero-order valence-corrected chi connectivity index (χ0v) is 15.1. The first-order valence-electron chi connectivity index (χ1n) is 5.99. The van der Waals surface area contributed by atoms with Gasteiger partial charge in [-0.1, -0.05) is 6.42 Å². The van der Waals surface area contributed by atoms with E-state index in [1.165, 1.54) is 17.4 Å². The molecular weight excluding hydrogens is 434 g/mol. The lowest BCUT2D eigenvalue weighted by molar-refractivity contribution is -0.143. The number of halogens is 2.